The van der Waals surface area contributed by atoms with Gasteiger partial charge in [-0.2, -0.15) is 0 Å². The molecule has 1 unspecified atom stereocenters. The normalized spacial score (nSPS) is 17.4. The lowest BCUT2D eigenvalue weighted by atomic mass is 9.98. The number of nitrogens with one attached hydrogen (secondary N) is 3. The van der Waals surface area contributed by atoms with Crippen LogP contribution in [0.2, 0.25) is 0 Å². The summed E-state index contributed by atoms with van der Waals surface area (Å²) in [5, 5.41) is 9.58. The van der Waals surface area contributed by atoms with Crippen molar-refractivity contribution in [1.29, 1.82) is 0 Å². The van der Waals surface area contributed by atoms with Crippen molar-refractivity contribution in [3.8, 4) is 0 Å². The van der Waals surface area contributed by atoms with Gasteiger partial charge in [0, 0.05) is 39.3 Å². The van der Waals surface area contributed by atoms with Crippen LogP contribution in [0.15, 0.2) is 4.99 Å². The van der Waals surface area contributed by atoms with Crippen molar-refractivity contribution in [3.05, 3.63) is 0 Å². The molecule has 0 aromatic carbocycles. The number of aliphatic imine (C=N–C) groups is 1. The SMILES string of the molecule is CCCCC(CNC(=O)OC(C)(C)C)NC(=NC)NCC1CCN(S(C)(=O)=O)CC1.I. The molecular formula is C20H42IN5O4S. The smallest absolute Gasteiger partial charge is 0.407 e. The maximum atomic E-state index is 12.0. The Morgan fingerprint density at radius 3 is 2.32 bits per heavy atom. The number of amides is 1. The lowest BCUT2D eigenvalue weighted by molar-refractivity contribution is 0.0522. The van der Waals surface area contributed by atoms with Gasteiger partial charge in [0.1, 0.15) is 5.60 Å². The van der Waals surface area contributed by atoms with Crippen LogP contribution in [0.5, 0.6) is 0 Å². The van der Waals surface area contributed by atoms with E-state index in [1.165, 1.54) is 6.26 Å². The number of halogens is 1. The highest BCUT2D eigenvalue weighted by molar-refractivity contribution is 14.0. The largest absolute Gasteiger partial charge is 0.444 e. The molecule has 1 amide bonds. The third kappa shape index (κ3) is 13.4. The lowest BCUT2D eigenvalue weighted by Crippen LogP contribution is -2.50. The highest BCUT2D eigenvalue weighted by atomic mass is 127. The Kier molecular flexibility index (Phi) is 14.0. The summed E-state index contributed by atoms with van der Waals surface area (Å²) < 4.78 is 30.1. The monoisotopic (exact) mass is 575 g/mol. The fourth-order valence-electron chi connectivity index (χ4n) is 3.27. The zero-order chi connectivity index (χ0) is 22.8. The molecule has 1 aliphatic rings. The summed E-state index contributed by atoms with van der Waals surface area (Å²) in [6, 6.07) is 0.0377. The predicted octanol–water partition coefficient (Wildman–Crippen LogP) is 2.52. The molecule has 1 saturated heterocycles. The van der Waals surface area contributed by atoms with Gasteiger partial charge in [-0.05, 0) is 46.0 Å². The number of sulfonamides is 1. The van der Waals surface area contributed by atoms with E-state index in [0.717, 1.165) is 38.6 Å². The van der Waals surface area contributed by atoms with Gasteiger partial charge >= 0.3 is 6.09 Å². The first-order chi connectivity index (χ1) is 13.9. The fraction of sp³-hybridized carbons (Fsp3) is 0.900. The van der Waals surface area contributed by atoms with Crippen molar-refractivity contribution in [2.75, 3.05) is 39.5 Å². The Morgan fingerprint density at radius 2 is 1.84 bits per heavy atom. The Bertz CT molecular complexity index is 659. The van der Waals surface area contributed by atoms with E-state index in [0.29, 0.717) is 31.5 Å². The van der Waals surface area contributed by atoms with Crippen molar-refractivity contribution in [2.24, 2.45) is 10.9 Å². The summed E-state index contributed by atoms with van der Waals surface area (Å²) in [5.74, 6) is 1.09. The summed E-state index contributed by atoms with van der Waals surface area (Å²) in [5.41, 5.74) is -0.527. The van der Waals surface area contributed by atoms with Crippen molar-refractivity contribution in [1.82, 2.24) is 20.3 Å². The molecule has 1 atom stereocenters. The van der Waals surface area contributed by atoms with Crippen LogP contribution in [0.4, 0.5) is 4.79 Å². The minimum absolute atomic E-state index is 0. The quantitative estimate of drug-likeness (QED) is 0.221. The summed E-state index contributed by atoms with van der Waals surface area (Å²) in [7, 11) is -1.38. The maximum absolute atomic E-state index is 12.0. The van der Waals surface area contributed by atoms with Crippen LogP contribution in [0.1, 0.15) is 59.8 Å². The summed E-state index contributed by atoms with van der Waals surface area (Å²) >= 11 is 0. The molecule has 184 valence electrons. The Morgan fingerprint density at radius 1 is 1.23 bits per heavy atom. The van der Waals surface area contributed by atoms with E-state index in [2.05, 4.69) is 27.9 Å². The maximum Gasteiger partial charge on any atom is 0.407 e. The number of piperidine rings is 1. The molecule has 3 N–H and O–H groups in total. The molecule has 0 saturated carbocycles. The van der Waals surface area contributed by atoms with Gasteiger partial charge in [-0.1, -0.05) is 19.8 Å². The van der Waals surface area contributed by atoms with Gasteiger partial charge in [0.2, 0.25) is 10.0 Å². The van der Waals surface area contributed by atoms with Crippen LogP contribution in [0.25, 0.3) is 0 Å². The third-order valence-electron chi connectivity index (χ3n) is 4.96. The molecule has 0 aromatic rings. The van der Waals surface area contributed by atoms with Gasteiger partial charge in [-0.3, -0.25) is 4.99 Å². The van der Waals surface area contributed by atoms with Crippen LogP contribution in [0, 0.1) is 5.92 Å². The first-order valence-electron chi connectivity index (χ1n) is 10.8. The lowest BCUT2D eigenvalue weighted by Gasteiger charge is -2.31. The number of ether oxygens (including phenoxy) is 1. The molecule has 0 bridgehead atoms. The number of guanidine groups is 1. The van der Waals surface area contributed by atoms with Gasteiger partial charge in [-0.15, -0.1) is 24.0 Å². The number of alkyl carbamates (subject to hydrolysis) is 1. The van der Waals surface area contributed by atoms with E-state index in [9.17, 15) is 13.2 Å². The molecule has 0 spiro atoms. The molecule has 1 rings (SSSR count). The number of hydrogen-bond acceptors (Lipinski definition) is 5. The van der Waals surface area contributed by atoms with Crippen LogP contribution in [0.3, 0.4) is 0 Å². The van der Waals surface area contributed by atoms with Crippen molar-refractivity contribution < 1.29 is 17.9 Å². The predicted molar refractivity (Wildman–Crippen MR) is 137 cm³/mol. The van der Waals surface area contributed by atoms with E-state index >= 15 is 0 Å². The molecule has 1 heterocycles. The van der Waals surface area contributed by atoms with Crippen LogP contribution >= 0.6 is 24.0 Å². The van der Waals surface area contributed by atoms with Gasteiger partial charge in [-0.25, -0.2) is 17.5 Å². The zero-order valence-electron chi connectivity index (χ0n) is 19.9. The Balaban J connectivity index is 0.00000900. The number of nitrogens with zero attached hydrogens (tertiary/aromatic N) is 2. The first kappa shape index (κ1) is 30.2. The fourth-order valence-corrected chi connectivity index (χ4v) is 4.14. The van der Waals surface area contributed by atoms with Crippen LogP contribution < -0.4 is 16.0 Å². The van der Waals surface area contributed by atoms with Crippen molar-refractivity contribution >= 4 is 46.1 Å². The van der Waals surface area contributed by atoms with E-state index in [4.69, 9.17) is 4.74 Å². The molecule has 0 radical (unpaired) electrons. The van der Waals surface area contributed by atoms with E-state index in [1.807, 2.05) is 20.8 Å². The standard InChI is InChI=1S/C20H41N5O4S.HI/c1-7-8-9-17(15-23-19(26)29-20(2,3)4)24-18(21-5)22-14-16-10-12-25(13-11-16)30(6,27)28;/h16-17H,7-15H2,1-6H3,(H,23,26)(H2,21,22,24);1H. The minimum Gasteiger partial charge on any atom is -0.444 e. The topological polar surface area (TPSA) is 112 Å². The summed E-state index contributed by atoms with van der Waals surface area (Å²) in [4.78, 5) is 16.3. The second-order valence-electron chi connectivity index (χ2n) is 8.92. The van der Waals surface area contributed by atoms with E-state index < -0.39 is 21.7 Å². The molecule has 1 aliphatic heterocycles. The minimum atomic E-state index is -3.10. The average Bonchev–Trinajstić information content (AvgIpc) is 2.65. The van der Waals surface area contributed by atoms with Crippen LogP contribution in [-0.2, 0) is 14.8 Å². The zero-order valence-corrected chi connectivity index (χ0v) is 23.0. The van der Waals surface area contributed by atoms with Crippen LogP contribution in [-0.4, -0.2) is 75.9 Å². The van der Waals surface area contributed by atoms with Gasteiger partial charge in [0.05, 0.1) is 6.26 Å². The Labute approximate surface area is 205 Å². The van der Waals surface area contributed by atoms with Gasteiger partial charge in [0.25, 0.3) is 0 Å². The third-order valence-corrected chi connectivity index (χ3v) is 6.27. The number of carbonyl (C=O) groups excluding carboxylic acids is 1. The molecule has 31 heavy (non-hydrogen) atoms. The molecular weight excluding hydrogens is 533 g/mol. The number of unbranched alkanes of at least 4 members (excludes halogenated alkanes) is 1. The summed E-state index contributed by atoms with van der Waals surface area (Å²) in [6.45, 7) is 9.96. The highest BCUT2D eigenvalue weighted by Gasteiger charge is 2.25. The molecule has 11 heteroatoms. The second kappa shape index (κ2) is 14.4. The van der Waals surface area contributed by atoms with Crippen molar-refractivity contribution in [2.45, 2.75) is 71.4 Å². The molecule has 0 aromatic heterocycles. The average molecular weight is 576 g/mol. The highest BCUT2D eigenvalue weighted by Crippen LogP contribution is 2.18. The van der Waals surface area contributed by atoms with E-state index in [1.54, 1.807) is 11.4 Å². The molecule has 0 aliphatic carbocycles. The van der Waals surface area contributed by atoms with Gasteiger partial charge in [0.15, 0.2) is 5.96 Å². The Hall–Kier alpha value is -0.820. The number of carbonyl (C=O) groups is 1. The van der Waals surface area contributed by atoms with E-state index in [-0.39, 0.29) is 30.0 Å². The molecule has 1 fully saturated rings. The van der Waals surface area contributed by atoms with Gasteiger partial charge < -0.3 is 20.7 Å². The number of hydrogen-bond donors (Lipinski definition) is 3. The number of rotatable bonds is 9. The second-order valence-corrected chi connectivity index (χ2v) is 10.9. The molecule has 9 nitrogen and oxygen atoms in total. The summed E-state index contributed by atoms with van der Waals surface area (Å²) in [6.07, 6.45) is 5.50. The van der Waals surface area contributed by atoms with Crippen molar-refractivity contribution in [3.63, 3.8) is 0 Å². The first-order valence-corrected chi connectivity index (χ1v) is 12.7.